The van der Waals surface area contributed by atoms with E-state index in [4.69, 9.17) is 10.00 Å². The minimum atomic E-state index is -0.306. The Morgan fingerprint density at radius 1 is 1.42 bits per heavy atom. The van der Waals surface area contributed by atoms with Crippen molar-refractivity contribution < 1.29 is 9.53 Å². The predicted molar refractivity (Wildman–Crippen MR) is 74.3 cm³/mol. The van der Waals surface area contributed by atoms with Crippen molar-refractivity contribution in [1.82, 2.24) is 4.90 Å². The summed E-state index contributed by atoms with van der Waals surface area (Å²) in [6.07, 6.45) is 1.96. The smallest absolute Gasteiger partial charge is 0.338 e. The maximum absolute atomic E-state index is 11.9. The highest BCUT2D eigenvalue weighted by Gasteiger charge is 2.21. The highest BCUT2D eigenvalue weighted by atomic mass is 35.5. The van der Waals surface area contributed by atoms with Crippen LogP contribution in [0.5, 0.6) is 0 Å². The van der Waals surface area contributed by atoms with Crippen molar-refractivity contribution in [2.45, 2.75) is 18.9 Å². The largest absolute Gasteiger partial charge is 0.457 e. The first kappa shape index (κ1) is 15.5. The van der Waals surface area contributed by atoms with Crippen molar-refractivity contribution in [3.8, 4) is 6.07 Å². The Labute approximate surface area is 119 Å². The fraction of sp³-hybridized carbons (Fsp3) is 0.429. The first-order chi connectivity index (χ1) is 8.69. The summed E-state index contributed by atoms with van der Waals surface area (Å²) in [6, 6.07) is 8.54. The van der Waals surface area contributed by atoms with Gasteiger partial charge in [0.15, 0.2) is 0 Å². The molecular formula is C14H17ClN2O2. The van der Waals surface area contributed by atoms with Gasteiger partial charge in [-0.25, -0.2) is 4.79 Å². The lowest BCUT2D eigenvalue weighted by molar-refractivity contribution is 0.0108. The van der Waals surface area contributed by atoms with Crippen LogP contribution in [0.25, 0.3) is 0 Å². The fourth-order valence-electron chi connectivity index (χ4n) is 2.12. The molecule has 1 saturated heterocycles. The lowest BCUT2D eigenvalue weighted by Crippen LogP contribution is -2.38. The first-order valence-electron chi connectivity index (χ1n) is 6.09. The van der Waals surface area contributed by atoms with E-state index in [1.54, 1.807) is 24.3 Å². The number of piperidine rings is 1. The summed E-state index contributed by atoms with van der Waals surface area (Å²) in [5.74, 6) is -0.306. The molecule has 0 spiro atoms. The Bertz CT molecular complexity index is 467. The average molecular weight is 281 g/mol. The Balaban J connectivity index is 0.00000180. The summed E-state index contributed by atoms with van der Waals surface area (Å²) < 4.78 is 5.46. The molecule has 102 valence electrons. The lowest BCUT2D eigenvalue weighted by atomic mass is 10.1. The molecule has 1 unspecified atom stereocenters. The second-order valence-corrected chi connectivity index (χ2v) is 4.62. The fourth-order valence-corrected chi connectivity index (χ4v) is 2.12. The number of halogens is 1. The molecule has 1 heterocycles. The van der Waals surface area contributed by atoms with Crippen LogP contribution in [0.1, 0.15) is 28.8 Å². The van der Waals surface area contributed by atoms with E-state index in [0.29, 0.717) is 11.1 Å². The number of likely N-dealkylation sites (tertiary alicyclic amines) is 1. The molecule has 0 bridgehead atoms. The van der Waals surface area contributed by atoms with Gasteiger partial charge in [-0.05, 0) is 50.7 Å². The molecular weight excluding hydrogens is 264 g/mol. The van der Waals surface area contributed by atoms with E-state index in [1.165, 1.54) is 0 Å². The normalized spacial score (nSPS) is 19.1. The minimum Gasteiger partial charge on any atom is -0.457 e. The quantitative estimate of drug-likeness (QED) is 0.780. The molecule has 2 rings (SSSR count). The molecule has 0 aromatic heterocycles. The summed E-state index contributed by atoms with van der Waals surface area (Å²) in [7, 11) is 2.03. The number of nitriles is 1. The number of likely N-dealkylation sites (N-methyl/N-ethyl adjacent to an activating group) is 1. The Morgan fingerprint density at radius 3 is 2.68 bits per heavy atom. The molecule has 1 atom stereocenters. The van der Waals surface area contributed by atoms with E-state index in [9.17, 15) is 4.79 Å². The van der Waals surface area contributed by atoms with Crippen LogP contribution in [0.2, 0.25) is 0 Å². The second kappa shape index (κ2) is 7.13. The number of carbonyl (C=O) groups is 1. The monoisotopic (exact) mass is 280 g/mol. The third-order valence-corrected chi connectivity index (χ3v) is 3.10. The SMILES string of the molecule is CN1CCCC(OC(=O)c2ccc(C#N)cc2)C1.Cl. The molecule has 19 heavy (non-hydrogen) atoms. The molecule has 1 aromatic rings. The van der Waals surface area contributed by atoms with Gasteiger partial charge in [-0.15, -0.1) is 12.4 Å². The van der Waals surface area contributed by atoms with Crippen molar-refractivity contribution in [1.29, 1.82) is 5.26 Å². The number of ether oxygens (including phenoxy) is 1. The summed E-state index contributed by atoms with van der Waals surface area (Å²) in [5.41, 5.74) is 1.05. The number of hydrogen-bond donors (Lipinski definition) is 0. The van der Waals surface area contributed by atoms with Crippen molar-refractivity contribution in [3.63, 3.8) is 0 Å². The van der Waals surface area contributed by atoms with Crippen LogP contribution in [-0.2, 0) is 4.74 Å². The molecule has 0 aliphatic carbocycles. The van der Waals surface area contributed by atoms with Gasteiger partial charge < -0.3 is 9.64 Å². The molecule has 5 heteroatoms. The van der Waals surface area contributed by atoms with Gasteiger partial charge in [-0.3, -0.25) is 0 Å². The molecule has 1 aromatic carbocycles. The van der Waals surface area contributed by atoms with Crippen LogP contribution in [0.15, 0.2) is 24.3 Å². The summed E-state index contributed by atoms with van der Waals surface area (Å²) >= 11 is 0. The third-order valence-electron chi connectivity index (χ3n) is 3.10. The second-order valence-electron chi connectivity index (χ2n) is 4.62. The van der Waals surface area contributed by atoms with E-state index in [-0.39, 0.29) is 24.5 Å². The number of rotatable bonds is 2. The van der Waals surface area contributed by atoms with Crippen molar-refractivity contribution in [2.75, 3.05) is 20.1 Å². The van der Waals surface area contributed by atoms with Crippen molar-refractivity contribution >= 4 is 18.4 Å². The van der Waals surface area contributed by atoms with Crippen LogP contribution in [0.3, 0.4) is 0 Å². The van der Waals surface area contributed by atoms with Crippen LogP contribution in [-0.4, -0.2) is 37.1 Å². The molecule has 4 nitrogen and oxygen atoms in total. The van der Waals surface area contributed by atoms with E-state index in [1.807, 2.05) is 13.1 Å². The molecule has 1 aliphatic rings. The van der Waals surface area contributed by atoms with Gasteiger partial charge in [-0.1, -0.05) is 0 Å². The molecule has 0 amide bonds. The van der Waals surface area contributed by atoms with Gasteiger partial charge in [0.1, 0.15) is 6.10 Å². The topological polar surface area (TPSA) is 53.3 Å². The number of carbonyl (C=O) groups excluding carboxylic acids is 1. The maximum atomic E-state index is 11.9. The summed E-state index contributed by atoms with van der Waals surface area (Å²) in [4.78, 5) is 14.1. The van der Waals surface area contributed by atoms with Gasteiger partial charge in [0.05, 0.1) is 17.2 Å². The van der Waals surface area contributed by atoms with Gasteiger partial charge >= 0.3 is 5.97 Å². The average Bonchev–Trinajstić information content (AvgIpc) is 2.39. The molecule has 0 saturated carbocycles. The van der Waals surface area contributed by atoms with Crippen molar-refractivity contribution in [3.05, 3.63) is 35.4 Å². The third kappa shape index (κ3) is 4.23. The highest BCUT2D eigenvalue weighted by Crippen LogP contribution is 2.14. The highest BCUT2D eigenvalue weighted by molar-refractivity contribution is 5.89. The van der Waals surface area contributed by atoms with Crippen LogP contribution < -0.4 is 0 Å². The number of nitrogens with zero attached hydrogens (tertiary/aromatic N) is 2. The minimum absolute atomic E-state index is 0. The summed E-state index contributed by atoms with van der Waals surface area (Å²) in [5, 5.41) is 8.69. The maximum Gasteiger partial charge on any atom is 0.338 e. The van der Waals surface area contributed by atoms with Crippen LogP contribution in [0.4, 0.5) is 0 Å². The zero-order valence-electron chi connectivity index (χ0n) is 10.8. The Morgan fingerprint density at radius 2 is 2.11 bits per heavy atom. The summed E-state index contributed by atoms with van der Waals surface area (Å²) in [6.45, 7) is 1.85. The Kier molecular flexibility index (Phi) is 5.81. The first-order valence-corrected chi connectivity index (χ1v) is 6.09. The van der Waals surface area contributed by atoms with E-state index in [2.05, 4.69) is 4.90 Å². The van der Waals surface area contributed by atoms with E-state index in [0.717, 1.165) is 25.9 Å². The van der Waals surface area contributed by atoms with E-state index >= 15 is 0 Å². The number of benzene rings is 1. The van der Waals surface area contributed by atoms with Crippen LogP contribution >= 0.6 is 12.4 Å². The molecule has 0 radical (unpaired) electrons. The predicted octanol–water partition coefficient (Wildman–Crippen LogP) is 2.23. The van der Waals surface area contributed by atoms with Gasteiger partial charge in [0.2, 0.25) is 0 Å². The van der Waals surface area contributed by atoms with Gasteiger partial charge in [-0.2, -0.15) is 5.26 Å². The van der Waals surface area contributed by atoms with Gasteiger partial charge in [0.25, 0.3) is 0 Å². The number of esters is 1. The standard InChI is InChI=1S/C14H16N2O2.ClH/c1-16-8-2-3-13(10-16)18-14(17)12-6-4-11(9-15)5-7-12;/h4-7,13H,2-3,8,10H2,1H3;1H. The lowest BCUT2D eigenvalue weighted by Gasteiger charge is -2.29. The van der Waals surface area contributed by atoms with Crippen molar-refractivity contribution in [2.24, 2.45) is 0 Å². The van der Waals surface area contributed by atoms with E-state index < -0.39 is 0 Å². The molecule has 1 fully saturated rings. The zero-order valence-corrected chi connectivity index (χ0v) is 11.7. The number of hydrogen-bond acceptors (Lipinski definition) is 4. The zero-order chi connectivity index (χ0) is 13.0. The van der Waals surface area contributed by atoms with Crippen LogP contribution in [0, 0.1) is 11.3 Å². The molecule has 1 aliphatic heterocycles. The molecule has 0 N–H and O–H groups in total. The Hall–Kier alpha value is -1.57. The van der Waals surface area contributed by atoms with Gasteiger partial charge in [0, 0.05) is 6.54 Å².